The van der Waals surface area contributed by atoms with Crippen LogP contribution in [0.5, 0.6) is 0 Å². The number of aryl methyl sites for hydroxylation is 3. The topological polar surface area (TPSA) is 68.2 Å². The second-order valence-electron chi connectivity index (χ2n) is 6.22. The molecule has 0 spiro atoms. The molecule has 3 rings (SSSR count). The number of fused-ring (bicyclic) bond motifs is 1. The number of anilines is 1. The highest BCUT2D eigenvalue weighted by molar-refractivity contribution is 7.92. The van der Waals surface area contributed by atoms with Gasteiger partial charge in [-0.05, 0) is 49.1 Å². The van der Waals surface area contributed by atoms with Crippen molar-refractivity contribution >= 4 is 37.3 Å². The van der Waals surface area contributed by atoms with Crippen molar-refractivity contribution < 1.29 is 8.42 Å². The van der Waals surface area contributed by atoms with Crippen LogP contribution in [0.3, 0.4) is 0 Å². The van der Waals surface area contributed by atoms with Crippen LogP contribution in [0.25, 0.3) is 10.2 Å². The van der Waals surface area contributed by atoms with Crippen LogP contribution >= 0.6 is 11.3 Å². The van der Waals surface area contributed by atoms with Gasteiger partial charge in [0.05, 0.1) is 20.8 Å². The Balaban J connectivity index is 2.04. The van der Waals surface area contributed by atoms with Crippen molar-refractivity contribution in [2.45, 2.75) is 45.1 Å². The molecule has 0 amide bonds. The first-order valence-corrected chi connectivity index (χ1v) is 10.9. The number of rotatable bonds is 6. The number of nitrogens with zero attached hydrogens (tertiary/aromatic N) is 1. The first-order chi connectivity index (χ1) is 12.4. The molecule has 138 valence electrons. The SMILES string of the molecule is CCCn1c(=O)sc2cc(S(=O)(=O)Nc3c(C)cccc3CC)ccc21. The zero-order valence-corrected chi connectivity index (χ0v) is 16.7. The first-order valence-electron chi connectivity index (χ1n) is 8.62. The third-order valence-corrected chi connectivity index (χ3v) is 6.66. The lowest BCUT2D eigenvalue weighted by Gasteiger charge is -2.14. The van der Waals surface area contributed by atoms with Gasteiger partial charge in [-0.1, -0.05) is 43.4 Å². The molecule has 1 heterocycles. The fraction of sp³-hybridized carbons (Fsp3) is 0.316. The van der Waals surface area contributed by atoms with Crippen molar-refractivity contribution in [2.24, 2.45) is 0 Å². The third kappa shape index (κ3) is 3.41. The Morgan fingerprint density at radius 1 is 1.15 bits per heavy atom. The molecule has 0 saturated heterocycles. The van der Waals surface area contributed by atoms with Gasteiger partial charge < -0.3 is 0 Å². The Bertz CT molecular complexity index is 1110. The lowest BCUT2D eigenvalue weighted by molar-refractivity contribution is 0.601. The maximum absolute atomic E-state index is 12.9. The van der Waals surface area contributed by atoms with Crippen LogP contribution in [0.4, 0.5) is 5.69 Å². The van der Waals surface area contributed by atoms with Crippen LogP contribution in [0, 0.1) is 6.92 Å². The smallest absolute Gasteiger partial charge is 0.299 e. The molecule has 0 atom stereocenters. The van der Waals surface area contributed by atoms with Gasteiger partial charge in [-0.15, -0.1) is 0 Å². The molecule has 0 aliphatic heterocycles. The van der Waals surface area contributed by atoms with E-state index in [-0.39, 0.29) is 9.77 Å². The van der Waals surface area contributed by atoms with Gasteiger partial charge in [0.1, 0.15) is 0 Å². The fourth-order valence-electron chi connectivity index (χ4n) is 3.01. The van der Waals surface area contributed by atoms with E-state index in [1.54, 1.807) is 22.8 Å². The summed E-state index contributed by atoms with van der Waals surface area (Å²) < 4.78 is 30.9. The molecule has 0 fully saturated rings. The van der Waals surface area contributed by atoms with Crippen molar-refractivity contribution in [1.82, 2.24) is 4.57 Å². The molecular weight excluding hydrogens is 368 g/mol. The Labute approximate surface area is 157 Å². The number of hydrogen-bond donors (Lipinski definition) is 1. The first kappa shape index (κ1) is 18.7. The summed E-state index contributed by atoms with van der Waals surface area (Å²) in [7, 11) is -3.73. The monoisotopic (exact) mass is 390 g/mol. The van der Waals surface area contributed by atoms with Crippen molar-refractivity contribution in [3.05, 3.63) is 57.2 Å². The lowest BCUT2D eigenvalue weighted by Crippen LogP contribution is -2.15. The number of thiazole rings is 1. The third-order valence-electron chi connectivity index (χ3n) is 4.37. The highest BCUT2D eigenvalue weighted by Gasteiger charge is 2.19. The van der Waals surface area contributed by atoms with Gasteiger partial charge in [-0.25, -0.2) is 8.42 Å². The van der Waals surface area contributed by atoms with Gasteiger partial charge in [-0.3, -0.25) is 14.1 Å². The van der Waals surface area contributed by atoms with E-state index in [9.17, 15) is 13.2 Å². The second-order valence-corrected chi connectivity index (χ2v) is 8.89. The maximum Gasteiger partial charge on any atom is 0.308 e. The maximum atomic E-state index is 12.9. The number of sulfonamides is 1. The zero-order valence-electron chi connectivity index (χ0n) is 15.1. The predicted molar refractivity (Wildman–Crippen MR) is 108 cm³/mol. The molecule has 0 aliphatic rings. The van der Waals surface area contributed by atoms with Crippen LogP contribution in [-0.2, 0) is 23.0 Å². The van der Waals surface area contributed by atoms with Gasteiger partial charge in [0.15, 0.2) is 0 Å². The van der Waals surface area contributed by atoms with E-state index in [1.165, 1.54) is 0 Å². The van der Waals surface area contributed by atoms with Crippen LogP contribution in [-0.4, -0.2) is 13.0 Å². The highest BCUT2D eigenvalue weighted by atomic mass is 32.2. The van der Waals surface area contributed by atoms with Crippen LogP contribution in [0.15, 0.2) is 46.1 Å². The summed E-state index contributed by atoms with van der Waals surface area (Å²) in [5.74, 6) is 0. The summed E-state index contributed by atoms with van der Waals surface area (Å²) in [4.78, 5) is 12.2. The van der Waals surface area contributed by atoms with Gasteiger partial charge in [0, 0.05) is 6.54 Å². The predicted octanol–water partition coefficient (Wildman–Crippen LogP) is 4.14. The quantitative estimate of drug-likeness (QED) is 0.688. The summed E-state index contributed by atoms with van der Waals surface area (Å²) in [6.45, 7) is 6.52. The Morgan fingerprint density at radius 2 is 1.92 bits per heavy atom. The highest BCUT2D eigenvalue weighted by Crippen LogP contribution is 2.27. The largest absolute Gasteiger partial charge is 0.308 e. The zero-order chi connectivity index (χ0) is 18.9. The normalized spacial score (nSPS) is 11.8. The van der Waals surface area contributed by atoms with Gasteiger partial charge in [0.25, 0.3) is 10.0 Å². The number of benzene rings is 2. The summed E-state index contributed by atoms with van der Waals surface area (Å²) in [6.07, 6.45) is 1.58. The Morgan fingerprint density at radius 3 is 2.62 bits per heavy atom. The average molecular weight is 391 g/mol. The minimum absolute atomic E-state index is 0.0588. The molecule has 3 aromatic rings. The van der Waals surface area contributed by atoms with E-state index in [2.05, 4.69) is 4.72 Å². The van der Waals surface area contributed by atoms with Crippen LogP contribution in [0.2, 0.25) is 0 Å². The van der Waals surface area contributed by atoms with Crippen molar-refractivity contribution in [1.29, 1.82) is 0 Å². The van der Waals surface area contributed by atoms with Gasteiger partial charge >= 0.3 is 4.87 Å². The average Bonchev–Trinajstić information content (AvgIpc) is 2.92. The van der Waals surface area contributed by atoms with Gasteiger partial charge in [-0.2, -0.15) is 0 Å². The molecule has 1 aromatic heterocycles. The molecule has 0 unspecified atom stereocenters. The van der Waals surface area contributed by atoms with E-state index in [4.69, 9.17) is 0 Å². The van der Waals surface area contributed by atoms with Crippen molar-refractivity contribution in [3.63, 3.8) is 0 Å². The molecule has 0 aliphatic carbocycles. The summed E-state index contributed by atoms with van der Waals surface area (Å²) >= 11 is 1.08. The molecule has 0 bridgehead atoms. The fourth-order valence-corrected chi connectivity index (χ4v) is 5.24. The van der Waals surface area contributed by atoms with E-state index >= 15 is 0 Å². The molecule has 0 radical (unpaired) electrons. The molecule has 26 heavy (non-hydrogen) atoms. The number of para-hydroxylation sites is 1. The van der Waals surface area contributed by atoms with Crippen molar-refractivity contribution in [3.8, 4) is 0 Å². The van der Waals surface area contributed by atoms with Gasteiger partial charge in [0.2, 0.25) is 0 Å². The lowest BCUT2D eigenvalue weighted by atomic mass is 10.1. The van der Waals surface area contributed by atoms with Crippen molar-refractivity contribution in [2.75, 3.05) is 4.72 Å². The molecule has 1 N–H and O–H groups in total. The summed E-state index contributed by atoms with van der Waals surface area (Å²) in [5, 5.41) is 0. The number of aromatic nitrogens is 1. The van der Waals surface area contributed by atoms with E-state index in [1.807, 2.05) is 39.0 Å². The molecular formula is C19H22N2O3S2. The minimum Gasteiger partial charge on any atom is -0.299 e. The molecule has 7 heteroatoms. The Hall–Kier alpha value is -2.12. The Kier molecular flexibility index (Phi) is 5.20. The number of nitrogens with one attached hydrogen (secondary N) is 1. The number of hydrogen-bond acceptors (Lipinski definition) is 4. The molecule has 0 saturated carbocycles. The standard InChI is InChI=1S/C19H22N2O3S2/c1-4-11-21-16-10-9-15(12-17(16)25-19(21)22)26(23,24)20-18-13(3)7-6-8-14(18)5-2/h6-10,12,20H,4-5,11H2,1-3H3. The molecule has 5 nitrogen and oxygen atoms in total. The summed E-state index contributed by atoms with van der Waals surface area (Å²) in [6, 6.07) is 10.6. The van der Waals surface area contributed by atoms with E-state index in [0.717, 1.165) is 40.8 Å². The molecule has 2 aromatic carbocycles. The van der Waals surface area contributed by atoms with Crippen LogP contribution in [0.1, 0.15) is 31.4 Å². The summed E-state index contributed by atoms with van der Waals surface area (Å²) in [5.41, 5.74) is 3.25. The van der Waals surface area contributed by atoms with E-state index in [0.29, 0.717) is 16.9 Å². The van der Waals surface area contributed by atoms with Crippen LogP contribution < -0.4 is 9.60 Å². The second kappa shape index (κ2) is 7.25. The minimum atomic E-state index is -3.73. The van der Waals surface area contributed by atoms with E-state index < -0.39 is 10.0 Å².